The molecule has 1 N–H and O–H groups in total. The van der Waals surface area contributed by atoms with Crippen LogP contribution in [-0.4, -0.2) is 42.6 Å². The van der Waals surface area contributed by atoms with Crippen LogP contribution in [0.15, 0.2) is 30.3 Å². The zero-order chi connectivity index (χ0) is 17.0. The third-order valence-corrected chi connectivity index (χ3v) is 4.58. The highest BCUT2D eigenvalue weighted by Gasteiger charge is 2.17. The van der Waals surface area contributed by atoms with E-state index >= 15 is 0 Å². The van der Waals surface area contributed by atoms with Crippen molar-refractivity contribution in [3.63, 3.8) is 0 Å². The van der Waals surface area contributed by atoms with Gasteiger partial charge in [0, 0.05) is 18.5 Å². The molecule has 0 aliphatic heterocycles. The summed E-state index contributed by atoms with van der Waals surface area (Å²) >= 11 is 1.42. The van der Waals surface area contributed by atoms with E-state index in [0.29, 0.717) is 4.88 Å². The smallest absolute Gasteiger partial charge is 0.305 e. The van der Waals surface area contributed by atoms with Gasteiger partial charge < -0.3 is 14.7 Å². The summed E-state index contributed by atoms with van der Waals surface area (Å²) in [7, 11) is 3.24. The number of carboxylic acids is 1. The molecular formula is C17H19NO4S. The minimum absolute atomic E-state index is 0.0576. The zero-order valence-electron chi connectivity index (χ0n) is 13.3. The Morgan fingerprint density at radius 1 is 1.26 bits per heavy atom. The predicted molar refractivity (Wildman–Crippen MR) is 90.3 cm³/mol. The van der Waals surface area contributed by atoms with Crippen molar-refractivity contribution in [1.29, 1.82) is 0 Å². The molecule has 0 unspecified atom stereocenters. The van der Waals surface area contributed by atoms with E-state index in [1.165, 1.54) is 16.2 Å². The van der Waals surface area contributed by atoms with Crippen LogP contribution >= 0.6 is 11.3 Å². The third kappa shape index (κ3) is 4.10. The van der Waals surface area contributed by atoms with E-state index in [-0.39, 0.29) is 18.9 Å². The van der Waals surface area contributed by atoms with Crippen LogP contribution in [0.5, 0.6) is 5.75 Å². The third-order valence-electron chi connectivity index (χ3n) is 3.54. The minimum Gasteiger partial charge on any atom is -0.497 e. The molecule has 0 atom stereocenters. The minimum atomic E-state index is -0.911. The average molecular weight is 333 g/mol. The van der Waals surface area contributed by atoms with Crippen LogP contribution in [0.3, 0.4) is 0 Å². The van der Waals surface area contributed by atoms with Crippen LogP contribution in [0, 0.1) is 6.92 Å². The standard InChI is InChI=1S/C17H19NO4S/c1-11-14(12-4-6-13(22-3)7-5-12)10-15(23-11)17(21)18(2)9-8-16(19)20/h4-7,10H,8-9H2,1-3H3,(H,19,20). The zero-order valence-corrected chi connectivity index (χ0v) is 14.1. The molecule has 0 aliphatic carbocycles. The predicted octanol–water partition coefficient (Wildman–Crippen LogP) is 3.28. The van der Waals surface area contributed by atoms with E-state index in [4.69, 9.17) is 9.84 Å². The van der Waals surface area contributed by atoms with Gasteiger partial charge in [-0.15, -0.1) is 11.3 Å². The molecule has 0 saturated carbocycles. The number of aryl methyl sites for hydroxylation is 1. The van der Waals surface area contributed by atoms with Crippen molar-refractivity contribution in [3.8, 4) is 16.9 Å². The normalized spacial score (nSPS) is 10.4. The number of benzene rings is 1. The second-order valence-electron chi connectivity index (χ2n) is 5.18. The molecule has 1 heterocycles. The summed E-state index contributed by atoms with van der Waals surface area (Å²) in [6, 6.07) is 9.54. The monoisotopic (exact) mass is 333 g/mol. The Kier molecular flexibility index (Phi) is 5.39. The Bertz CT molecular complexity index is 706. The van der Waals surface area contributed by atoms with Gasteiger partial charge in [0.1, 0.15) is 5.75 Å². The van der Waals surface area contributed by atoms with Gasteiger partial charge in [-0.1, -0.05) is 12.1 Å². The number of carbonyl (C=O) groups is 2. The molecule has 1 aromatic heterocycles. The van der Waals surface area contributed by atoms with Gasteiger partial charge in [-0.3, -0.25) is 9.59 Å². The first-order valence-corrected chi connectivity index (χ1v) is 7.96. The fraction of sp³-hybridized carbons (Fsp3) is 0.294. The maximum atomic E-state index is 12.4. The van der Waals surface area contributed by atoms with Crippen LogP contribution in [0.1, 0.15) is 21.0 Å². The fourth-order valence-electron chi connectivity index (χ4n) is 2.20. The molecule has 2 aromatic rings. The quantitative estimate of drug-likeness (QED) is 0.881. The lowest BCUT2D eigenvalue weighted by molar-refractivity contribution is -0.137. The number of hydrogen-bond acceptors (Lipinski definition) is 4. The molecule has 0 bridgehead atoms. The van der Waals surface area contributed by atoms with E-state index in [0.717, 1.165) is 21.8 Å². The first-order valence-electron chi connectivity index (χ1n) is 7.14. The van der Waals surface area contributed by atoms with Crippen LogP contribution in [0.25, 0.3) is 11.1 Å². The Morgan fingerprint density at radius 2 is 1.91 bits per heavy atom. The maximum Gasteiger partial charge on any atom is 0.305 e. The Balaban J connectivity index is 2.19. The second kappa shape index (κ2) is 7.28. The molecule has 0 aliphatic rings. The van der Waals surface area contributed by atoms with Crippen LogP contribution < -0.4 is 4.74 Å². The first-order chi connectivity index (χ1) is 10.9. The lowest BCUT2D eigenvalue weighted by atomic mass is 10.1. The van der Waals surface area contributed by atoms with Crippen LogP contribution in [0.4, 0.5) is 0 Å². The van der Waals surface area contributed by atoms with Crippen molar-refractivity contribution >= 4 is 23.2 Å². The second-order valence-corrected chi connectivity index (χ2v) is 6.44. The molecule has 122 valence electrons. The highest BCUT2D eigenvalue weighted by atomic mass is 32.1. The maximum absolute atomic E-state index is 12.4. The number of rotatable bonds is 6. The summed E-state index contributed by atoms with van der Waals surface area (Å²) in [6.45, 7) is 2.17. The molecule has 1 aromatic carbocycles. The van der Waals surface area contributed by atoms with Gasteiger partial charge in [-0.25, -0.2) is 0 Å². The van der Waals surface area contributed by atoms with E-state index in [1.807, 2.05) is 37.3 Å². The van der Waals surface area contributed by atoms with Gasteiger partial charge in [0.2, 0.25) is 0 Å². The summed E-state index contributed by atoms with van der Waals surface area (Å²) in [5.41, 5.74) is 2.03. The molecule has 2 rings (SSSR count). The molecule has 0 saturated heterocycles. The first kappa shape index (κ1) is 17.0. The van der Waals surface area contributed by atoms with E-state index in [1.54, 1.807) is 14.2 Å². The lowest BCUT2D eigenvalue weighted by Gasteiger charge is -2.14. The highest BCUT2D eigenvalue weighted by Crippen LogP contribution is 2.32. The SMILES string of the molecule is COc1ccc(-c2cc(C(=O)N(C)CCC(=O)O)sc2C)cc1. The molecule has 0 radical (unpaired) electrons. The molecule has 23 heavy (non-hydrogen) atoms. The number of carbonyl (C=O) groups excluding carboxylic acids is 1. The lowest BCUT2D eigenvalue weighted by Crippen LogP contribution is -2.28. The molecule has 5 nitrogen and oxygen atoms in total. The number of nitrogens with zero attached hydrogens (tertiary/aromatic N) is 1. The van der Waals surface area contributed by atoms with Crippen LogP contribution in [-0.2, 0) is 4.79 Å². The van der Waals surface area contributed by atoms with Gasteiger partial charge in [0.05, 0.1) is 18.4 Å². The summed E-state index contributed by atoms with van der Waals surface area (Å²) in [5, 5.41) is 8.71. The summed E-state index contributed by atoms with van der Waals surface area (Å²) in [5.74, 6) is -0.281. The molecule has 6 heteroatoms. The molecule has 0 spiro atoms. The molecule has 1 amide bonds. The Hall–Kier alpha value is -2.34. The highest BCUT2D eigenvalue weighted by molar-refractivity contribution is 7.14. The number of carboxylic acid groups (broad SMARTS) is 1. The number of hydrogen-bond donors (Lipinski definition) is 1. The van der Waals surface area contributed by atoms with Gasteiger partial charge in [0.25, 0.3) is 5.91 Å². The van der Waals surface area contributed by atoms with Gasteiger partial charge in [0.15, 0.2) is 0 Å². The summed E-state index contributed by atoms with van der Waals surface area (Å²) in [6.07, 6.45) is -0.0576. The molecule has 0 fully saturated rings. The number of methoxy groups -OCH3 is 1. The van der Waals surface area contributed by atoms with Crippen molar-refractivity contribution in [2.24, 2.45) is 0 Å². The van der Waals surface area contributed by atoms with Crippen molar-refractivity contribution in [2.75, 3.05) is 20.7 Å². The van der Waals surface area contributed by atoms with Crippen molar-refractivity contribution < 1.29 is 19.4 Å². The molecular weight excluding hydrogens is 314 g/mol. The number of amides is 1. The van der Waals surface area contributed by atoms with Gasteiger partial charge in [-0.05, 0) is 36.2 Å². The average Bonchev–Trinajstić information content (AvgIpc) is 2.93. The Labute approximate surface area is 139 Å². The fourth-order valence-corrected chi connectivity index (χ4v) is 3.23. The van der Waals surface area contributed by atoms with Crippen LogP contribution in [0.2, 0.25) is 0 Å². The number of ether oxygens (including phenoxy) is 1. The summed E-state index contributed by atoms with van der Waals surface area (Å²) in [4.78, 5) is 26.1. The van der Waals surface area contributed by atoms with Crippen molar-refractivity contribution in [2.45, 2.75) is 13.3 Å². The van der Waals surface area contributed by atoms with Crippen molar-refractivity contribution in [1.82, 2.24) is 4.90 Å². The summed E-state index contributed by atoms with van der Waals surface area (Å²) < 4.78 is 5.15. The van der Waals surface area contributed by atoms with E-state index in [9.17, 15) is 9.59 Å². The number of thiophene rings is 1. The van der Waals surface area contributed by atoms with Crippen molar-refractivity contribution in [3.05, 3.63) is 40.1 Å². The topological polar surface area (TPSA) is 66.8 Å². The van der Waals surface area contributed by atoms with E-state index in [2.05, 4.69) is 0 Å². The van der Waals surface area contributed by atoms with Gasteiger partial charge >= 0.3 is 5.97 Å². The van der Waals surface area contributed by atoms with Gasteiger partial charge in [-0.2, -0.15) is 0 Å². The number of aliphatic carboxylic acids is 1. The largest absolute Gasteiger partial charge is 0.497 e. The Morgan fingerprint density at radius 3 is 2.48 bits per heavy atom. The van der Waals surface area contributed by atoms with E-state index < -0.39 is 5.97 Å².